The number of phenolic OH excluding ortho intramolecular Hbond substituents is 1. The van der Waals surface area contributed by atoms with Gasteiger partial charge in [-0.3, -0.25) is 4.90 Å². The van der Waals surface area contributed by atoms with Crippen LogP contribution in [0.1, 0.15) is 24.9 Å². The first-order valence-corrected chi connectivity index (χ1v) is 6.64. The van der Waals surface area contributed by atoms with Crippen LogP contribution < -0.4 is 5.32 Å². The first-order chi connectivity index (χ1) is 8.65. The smallest absolute Gasteiger partial charge is 0.165 e. The van der Waals surface area contributed by atoms with Crippen LogP contribution in [0.25, 0.3) is 0 Å². The summed E-state index contributed by atoms with van der Waals surface area (Å²) in [6.07, 6.45) is 0.788. The highest BCUT2D eigenvalue weighted by Gasteiger charge is 2.26. The topological polar surface area (TPSA) is 35.5 Å². The van der Waals surface area contributed by atoms with Crippen molar-refractivity contribution in [1.82, 2.24) is 10.2 Å². The molecule has 5 heteroatoms. The van der Waals surface area contributed by atoms with Crippen molar-refractivity contribution in [2.24, 2.45) is 0 Å². The Labute approximate surface area is 112 Å². The number of phenols is 1. The molecule has 0 saturated carbocycles. The van der Waals surface area contributed by atoms with Crippen LogP contribution in [-0.4, -0.2) is 36.2 Å². The largest absolute Gasteiger partial charge is 0.505 e. The van der Waals surface area contributed by atoms with E-state index in [9.17, 15) is 9.50 Å². The molecule has 100 valence electrons. The first-order valence-electron chi connectivity index (χ1n) is 6.26. The van der Waals surface area contributed by atoms with Crippen LogP contribution >= 0.6 is 11.6 Å². The molecule has 0 bridgehead atoms. The molecule has 0 unspecified atom stereocenters. The van der Waals surface area contributed by atoms with Crippen LogP contribution in [0.2, 0.25) is 5.02 Å². The number of aromatic hydroxyl groups is 1. The fourth-order valence-corrected chi connectivity index (χ4v) is 2.79. The molecule has 2 N–H and O–H groups in total. The monoisotopic (exact) mass is 272 g/mol. The highest BCUT2D eigenvalue weighted by atomic mass is 35.5. The van der Waals surface area contributed by atoms with Gasteiger partial charge in [-0.15, -0.1) is 0 Å². The average Bonchev–Trinajstić information content (AvgIpc) is 2.40. The molecule has 2 rings (SSSR count). The Hall–Kier alpha value is -0.840. The zero-order valence-corrected chi connectivity index (χ0v) is 11.2. The van der Waals surface area contributed by atoms with Gasteiger partial charge in [0.15, 0.2) is 11.6 Å². The second kappa shape index (κ2) is 5.87. The number of nitrogens with one attached hydrogen (secondary N) is 1. The summed E-state index contributed by atoms with van der Waals surface area (Å²) in [6.45, 7) is 5.59. The molecule has 0 spiro atoms. The molecular formula is C13H18ClFN2O. The molecule has 3 nitrogen and oxygen atoms in total. The molecule has 0 aliphatic carbocycles. The third-order valence-electron chi connectivity index (χ3n) is 3.43. The molecule has 0 aromatic heterocycles. The molecule has 1 aromatic rings. The highest BCUT2D eigenvalue weighted by molar-refractivity contribution is 6.31. The van der Waals surface area contributed by atoms with Gasteiger partial charge >= 0.3 is 0 Å². The van der Waals surface area contributed by atoms with E-state index in [0.29, 0.717) is 10.6 Å². The Morgan fingerprint density at radius 2 is 2.11 bits per heavy atom. The van der Waals surface area contributed by atoms with Gasteiger partial charge in [-0.05, 0) is 18.6 Å². The van der Waals surface area contributed by atoms with Crippen molar-refractivity contribution in [2.45, 2.75) is 19.4 Å². The van der Waals surface area contributed by atoms with E-state index in [4.69, 9.17) is 11.6 Å². The zero-order chi connectivity index (χ0) is 13.1. The minimum Gasteiger partial charge on any atom is -0.505 e. The first kappa shape index (κ1) is 13.6. The molecule has 0 amide bonds. The number of benzene rings is 1. The Balaban J connectivity index is 2.34. The minimum absolute atomic E-state index is 0.0321. The third kappa shape index (κ3) is 2.60. The second-order valence-electron chi connectivity index (χ2n) is 4.50. The standard InChI is InChI=1S/C13H18ClFN2O/c1-2-11(17-7-5-16-6-8-17)12-9(14)3-4-10(15)13(12)18/h3-4,11,16,18H,2,5-8H2,1H3/t11-/m0/s1. The van der Waals surface area contributed by atoms with E-state index in [1.165, 1.54) is 12.1 Å². The van der Waals surface area contributed by atoms with Crippen molar-refractivity contribution >= 4 is 11.6 Å². The maximum Gasteiger partial charge on any atom is 0.165 e. The lowest BCUT2D eigenvalue weighted by molar-refractivity contribution is 0.166. The molecule has 1 atom stereocenters. The van der Waals surface area contributed by atoms with Crippen LogP contribution in [0, 0.1) is 5.82 Å². The molecule has 1 saturated heterocycles. The Bertz CT molecular complexity index is 422. The van der Waals surface area contributed by atoms with E-state index in [1.807, 2.05) is 6.92 Å². The quantitative estimate of drug-likeness (QED) is 0.888. The van der Waals surface area contributed by atoms with E-state index in [2.05, 4.69) is 10.2 Å². The maximum absolute atomic E-state index is 13.5. The van der Waals surface area contributed by atoms with Crippen LogP contribution in [-0.2, 0) is 0 Å². The van der Waals surface area contributed by atoms with E-state index in [-0.39, 0.29) is 11.8 Å². The van der Waals surface area contributed by atoms with Crippen molar-refractivity contribution in [3.8, 4) is 5.75 Å². The predicted octanol–water partition coefficient (Wildman–Crippen LogP) is 2.54. The van der Waals surface area contributed by atoms with Crippen LogP contribution in [0.15, 0.2) is 12.1 Å². The summed E-state index contributed by atoms with van der Waals surface area (Å²) in [6, 6.07) is 2.68. The molecular weight excluding hydrogens is 255 g/mol. The van der Waals surface area contributed by atoms with Crippen LogP contribution in [0.5, 0.6) is 5.75 Å². The van der Waals surface area contributed by atoms with Gasteiger partial charge in [0.1, 0.15) is 0 Å². The lowest BCUT2D eigenvalue weighted by atomic mass is 10.0. The highest BCUT2D eigenvalue weighted by Crippen LogP contribution is 2.38. The molecule has 1 aromatic carbocycles. The summed E-state index contributed by atoms with van der Waals surface area (Å²) in [4.78, 5) is 2.23. The summed E-state index contributed by atoms with van der Waals surface area (Å²) < 4.78 is 13.5. The molecule has 1 fully saturated rings. The Kier molecular flexibility index (Phi) is 4.43. The van der Waals surface area contributed by atoms with Crippen molar-refractivity contribution in [3.05, 3.63) is 28.5 Å². The fourth-order valence-electron chi connectivity index (χ4n) is 2.51. The molecule has 1 heterocycles. The van der Waals surface area contributed by atoms with E-state index >= 15 is 0 Å². The van der Waals surface area contributed by atoms with Crippen LogP contribution in [0.4, 0.5) is 4.39 Å². The van der Waals surface area contributed by atoms with E-state index < -0.39 is 5.82 Å². The van der Waals surface area contributed by atoms with Gasteiger partial charge in [0.05, 0.1) is 0 Å². The predicted molar refractivity (Wildman–Crippen MR) is 70.5 cm³/mol. The summed E-state index contributed by atoms with van der Waals surface area (Å²) in [5.74, 6) is -0.920. The molecule has 1 aliphatic heterocycles. The molecule has 0 radical (unpaired) electrons. The van der Waals surface area contributed by atoms with Gasteiger partial charge in [0.2, 0.25) is 0 Å². The Morgan fingerprint density at radius 1 is 1.44 bits per heavy atom. The molecule has 1 aliphatic rings. The van der Waals surface area contributed by atoms with Crippen molar-refractivity contribution in [1.29, 1.82) is 0 Å². The van der Waals surface area contributed by atoms with Gasteiger partial charge in [-0.2, -0.15) is 0 Å². The minimum atomic E-state index is -0.608. The summed E-state index contributed by atoms with van der Waals surface area (Å²) in [5, 5.41) is 13.6. The number of rotatable bonds is 3. The van der Waals surface area contributed by atoms with Gasteiger partial charge in [0.25, 0.3) is 0 Å². The molecule has 18 heavy (non-hydrogen) atoms. The van der Waals surface area contributed by atoms with Gasteiger partial charge in [-0.25, -0.2) is 4.39 Å². The summed E-state index contributed by atoms with van der Waals surface area (Å²) >= 11 is 6.13. The SMILES string of the molecule is CC[C@@H](c1c(Cl)ccc(F)c1O)N1CCNCC1. The van der Waals surface area contributed by atoms with Crippen LogP contribution in [0.3, 0.4) is 0 Å². The average molecular weight is 273 g/mol. The second-order valence-corrected chi connectivity index (χ2v) is 4.91. The normalized spacial score (nSPS) is 18.8. The lowest BCUT2D eigenvalue weighted by Gasteiger charge is -2.35. The number of hydrogen-bond donors (Lipinski definition) is 2. The van der Waals surface area contributed by atoms with Gasteiger partial charge in [0, 0.05) is 42.8 Å². The summed E-state index contributed by atoms with van der Waals surface area (Å²) in [7, 11) is 0. The number of halogens is 2. The maximum atomic E-state index is 13.5. The summed E-state index contributed by atoms with van der Waals surface area (Å²) in [5.41, 5.74) is 0.515. The van der Waals surface area contributed by atoms with E-state index in [0.717, 1.165) is 32.6 Å². The number of nitrogens with zero attached hydrogens (tertiary/aromatic N) is 1. The van der Waals surface area contributed by atoms with Crippen molar-refractivity contribution in [2.75, 3.05) is 26.2 Å². The van der Waals surface area contributed by atoms with E-state index in [1.54, 1.807) is 0 Å². The Morgan fingerprint density at radius 3 is 2.72 bits per heavy atom. The lowest BCUT2D eigenvalue weighted by Crippen LogP contribution is -2.45. The zero-order valence-electron chi connectivity index (χ0n) is 10.4. The third-order valence-corrected chi connectivity index (χ3v) is 3.76. The van der Waals surface area contributed by atoms with Crippen molar-refractivity contribution < 1.29 is 9.50 Å². The number of hydrogen-bond acceptors (Lipinski definition) is 3. The van der Waals surface area contributed by atoms with Gasteiger partial charge in [-0.1, -0.05) is 18.5 Å². The fraction of sp³-hybridized carbons (Fsp3) is 0.538. The number of piperazine rings is 1. The van der Waals surface area contributed by atoms with Crippen molar-refractivity contribution in [3.63, 3.8) is 0 Å². The van der Waals surface area contributed by atoms with Gasteiger partial charge < -0.3 is 10.4 Å².